The number of aromatic nitrogens is 2. The van der Waals surface area contributed by atoms with E-state index in [2.05, 4.69) is 22.3 Å². The van der Waals surface area contributed by atoms with Crippen LogP contribution < -0.4 is 11.1 Å². The number of rotatable bonds is 3. The molecule has 15 heavy (non-hydrogen) atoms. The zero-order valence-corrected chi connectivity index (χ0v) is 8.87. The topological polar surface area (TPSA) is 72.9 Å². The lowest BCUT2D eigenvalue weighted by Crippen LogP contribution is -2.25. The van der Waals surface area contributed by atoms with Gasteiger partial charge in [-0.15, -0.1) is 11.8 Å². The Morgan fingerprint density at radius 1 is 1.73 bits per heavy atom. The van der Waals surface area contributed by atoms with E-state index >= 15 is 0 Å². The molecular weight excluding hydrogens is 192 g/mol. The summed E-state index contributed by atoms with van der Waals surface area (Å²) in [6, 6.07) is 0. The Balaban J connectivity index is 2.52. The van der Waals surface area contributed by atoms with Crippen LogP contribution in [0.25, 0.3) is 0 Å². The maximum atomic E-state index is 11.5. The maximum absolute atomic E-state index is 11.5. The van der Waals surface area contributed by atoms with Crippen LogP contribution in [0.2, 0.25) is 0 Å². The van der Waals surface area contributed by atoms with Gasteiger partial charge in [-0.1, -0.05) is 0 Å². The van der Waals surface area contributed by atoms with Crippen LogP contribution in [0.5, 0.6) is 0 Å². The zero-order valence-electron chi connectivity index (χ0n) is 8.87. The maximum Gasteiger partial charge on any atom is 0.273 e. The molecule has 0 aliphatic rings. The predicted molar refractivity (Wildman–Crippen MR) is 58.0 cm³/mol. The summed E-state index contributed by atoms with van der Waals surface area (Å²) in [6.07, 6.45) is 2.23. The third-order valence-electron chi connectivity index (χ3n) is 1.78. The largest absolute Gasteiger partial charge is 0.396 e. The number of hydrogen-bond donors (Lipinski definition) is 2. The molecule has 0 unspecified atom stereocenters. The first-order chi connectivity index (χ1) is 7.15. The van der Waals surface area contributed by atoms with Crippen LogP contribution in [-0.4, -0.2) is 22.2 Å². The summed E-state index contributed by atoms with van der Waals surface area (Å²) in [5, 5.41) is 6.64. The number of nitrogens with two attached hydrogens (primary N) is 1. The number of hydrogen-bond acceptors (Lipinski definition) is 3. The lowest BCUT2D eigenvalue weighted by atomic mass is 10.3. The average molecular weight is 206 g/mol. The number of nitrogens with zero attached hydrogens (tertiary/aromatic N) is 2. The van der Waals surface area contributed by atoms with Gasteiger partial charge in [-0.25, -0.2) is 0 Å². The lowest BCUT2D eigenvalue weighted by molar-refractivity contribution is 0.0949. The second kappa shape index (κ2) is 5.05. The Kier molecular flexibility index (Phi) is 3.75. The van der Waals surface area contributed by atoms with Crippen LogP contribution >= 0.6 is 0 Å². The molecule has 1 rings (SSSR count). The second-order valence-electron chi connectivity index (χ2n) is 3.04. The summed E-state index contributed by atoms with van der Waals surface area (Å²) in [5.41, 5.74) is 6.25. The van der Waals surface area contributed by atoms with E-state index in [0.29, 0.717) is 18.7 Å². The fourth-order valence-corrected chi connectivity index (χ4v) is 1.13. The smallest absolute Gasteiger partial charge is 0.273 e. The normalized spacial score (nSPS) is 9.20. The minimum absolute atomic E-state index is 0.258. The number of aryl methyl sites for hydroxylation is 1. The first-order valence-electron chi connectivity index (χ1n) is 4.62. The van der Waals surface area contributed by atoms with Crippen molar-refractivity contribution in [3.8, 4) is 11.8 Å². The molecule has 3 N–H and O–H groups in total. The standard InChI is InChI=1S/C10H14N4O/c1-3-4-5-6-12-10(15)9-8(11)7-14(2)13-9/h7H,5-6,11H2,1-2H3,(H,12,15). The monoisotopic (exact) mass is 206 g/mol. The van der Waals surface area contributed by atoms with Gasteiger partial charge in [0.2, 0.25) is 0 Å². The molecule has 80 valence electrons. The van der Waals surface area contributed by atoms with Gasteiger partial charge in [0.25, 0.3) is 5.91 Å². The van der Waals surface area contributed by atoms with Crippen molar-refractivity contribution >= 4 is 11.6 Å². The summed E-state index contributed by atoms with van der Waals surface area (Å²) >= 11 is 0. The molecule has 0 aliphatic carbocycles. The summed E-state index contributed by atoms with van der Waals surface area (Å²) in [6.45, 7) is 2.27. The van der Waals surface area contributed by atoms with E-state index < -0.39 is 0 Å². The molecule has 1 amide bonds. The summed E-state index contributed by atoms with van der Waals surface area (Å²) in [4.78, 5) is 11.5. The number of carbonyl (C=O) groups is 1. The third-order valence-corrected chi connectivity index (χ3v) is 1.78. The van der Waals surface area contributed by atoms with Gasteiger partial charge in [-0.3, -0.25) is 9.48 Å². The highest BCUT2D eigenvalue weighted by atomic mass is 16.1. The van der Waals surface area contributed by atoms with Crippen molar-refractivity contribution in [1.82, 2.24) is 15.1 Å². The van der Waals surface area contributed by atoms with Crippen LogP contribution in [-0.2, 0) is 7.05 Å². The van der Waals surface area contributed by atoms with Crippen LogP contribution in [0.3, 0.4) is 0 Å². The van der Waals surface area contributed by atoms with Crippen molar-refractivity contribution in [3.05, 3.63) is 11.9 Å². The van der Waals surface area contributed by atoms with Crippen molar-refractivity contribution in [2.24, 2.45) is 7.05 Å². The molecule has 0 fully saturated rings. The van der Waals surface area contributed by atoms with Gasteiger partial charge >= 0.3 is 0 Å². The van der Waals surface area contributed by atoms with Crippen molar-refractivity contribution in [2.45, 2.75) is 13.3 Å². The van der Waals surface area contributed by atoms with E-state index in [1.165, 1.54) is 4.68 Å². The summed E-state index contributed by atoms with van der Waals surface area (Å²) < 4.78 is 1.51. The van der Waals surface area contributed by atoms with Gasteiger partial charge < -0.3 is 11.1 Å². The Morgan fingerprint density at radius 2 is 2.47 bits per heavy atom. The van der Waals surface area contributed by atoms with E-state index in [-0.39, 0.29) is 11.6 Å². The number of nitrogen functional groups attached to an aromatic ring is 1. The van der Waals surface area contributed by atoms with E-state index in [1.54, 1.807) is 20.2 Å². The van der Waals surface area contributed by atoms with Crippen molar-refractivity contribution in [3.63, 3.8) is 0 Å². The van der Waals surface area contributed by atoms with Crippen molar-refractivity contribution < 1.29 is 4.79 Å². The minimum Gasteiger partial charge on any atom is -0.396 e. The molecule has 0 spiro atoms. The molecule has 5 nitrogen and oxygen atoms in total. The predicted octanol–water partition coefficient (Wildman–Crippen LogP) is 0.145. The number of amides is 1. The van der Waals surface area contributed by atoms with Crippen molar-refractivity contribution in [1.29, 1.82) is 0 Å². The van der Waals surface area contributed by atoms with Gasteiger partial charge in [0.05, 0.1) is 5.69 Å². The second-order valence-corrected chi connectivity index (χ2v) is 3.04. The SMILES string of the molecule is CC#CCCNC(=O)c1nn(C)cc1N. The Bertz CT molecular complexity index is 411. The lowest BCUT2D eigenvalue weighted by Gasteiger charge is -1.99. The minimum atomic E-state index is -0.258. The van der Waals surface area contributed by atoms with E-state index in [4.69, 9.17) is 5.73 Å². The van der Waals surface area contributed by atoms with Gasteiger partial charge in [0, 0.05) is 26.2 Å². The molecule has 0 aromatic carbocycles. The summed E-state index contributed by atoms with van der Waals surface area (Å²) in [5.74, 6) is 5.35. The molecule has 5 heteroatoms. The highest BCUT2D eigenvalue weighted by Crippen LogP contribution is 2.06. The van der Waals surface area contributed by atoms with Crippen LogP contribution in [0.1, 0.15) is 23.8 Å². The Hall–Kier alpha value is -1.96. The molecule has 0 saturated heterocycles. The third kappa shape index (κ3) is 3.02. The van der Waals surface area contributed by atoms with Crippen LogP contribution in [0.15, 0.2) is 6.20 Å². The molecule has 0 saturated carbocycles. The average Bonchev–Trinajstić information content (AvgIpc) is 2.52. The van der Waals surface area contributed by atoms with Gasteiger partial charge in [-0.05, 0) is 6.92 Å². The molecule has 0 aliphatic heterocycles. The van der Waals surface area contributed by atoms with E-state index in [0.717, 1.165) is 0 Å². The number of anilines is 1. The zero-order chi connectivity index (χ0) is 11.3. The highest BCUT2D eigenvalue weighted by Gasteiger charge is 2.12. The van der Waals surface area contributed by atoms with E-state index in [1.807, 2.05) is 0 Å². The summed E-state index contributed by atoms with van der Waals surface area (Å²) in [7, 11) is 1.72. The fourth-order valence-electron chi connectivity index (χ4n) is 1.13. The van der Waals surface area contributed by atoms with Gasteiger partial charge in [-0.2, -0.15) is 5.10 Å². The molecule has 0 radical (unpaired) electrons. The Morgan fingerprint density at radius 3 is 3.00 bits per heavy atom. The fraction of sp³-hybridized carbons (Fsp3) is 0.400. The Labute approximate surface area is 88.6 Å². The number of carbonyl (C=O) groups excluding carboxylic acids is 1. The van der Waals surface area contributed by atoms with Crippen LogP contribution in [0.4, 0.5) is 5.69 Å². The molecule has 1 aromatic heterocycles. The molecule has 0 bridgehead atoms. The first-order valence-corrected chi connectivity index (χ1v) is 4.62. The van der Waals surface area contributed by atoms with Crippen LogP contribution in [0, 0.1) is 11.8 Å². The molecular formula is C10H14N4O. The molecule has 0 atom stereocenters. The van der Waals surface area contributed by atoms with E-state index in [9.17, 15) is 4.79 Å². The van der Waals surface area contributed by atoms with Gasteiger partial charge in [0.1, 0.15) is 0 Å². The van der Waals surface area contributed by atoms with Gasteiger partial charge in [0.15, 0.2) is 5.69 Å². The molecule has 1 heterocycles. The highest BCUT2D eigenvalue weighted by molar-refractivity contribution is 5.96. The number of nitrogens with one attached hydrogen (secondary N) is 1. The first kappa shape index (κ1) is 11.1. The van der Waals surface area contributed by atoms with Crippen molar-refractivity contribution in [2.75, 3.05) is 12.3 Å². The quantitative estimate of drug-likeness (QED) is 0.546. The molecule has 1 aromatic rings.